The molecule has 0 atom stereocenters. The van der Waals surface area contributed by atoms with Gasteiger partial charge in [0.1, 0.15) is 13.2 Å². The van der Waals surface area contributed by atoms with Crippen molar-refractivity contribution in [3.8, 4) is 0 Å². The van der Waals surface area contributed by atoms with E-state index in [0.717, 1.165) is 12.1 Å². The van der Waals surface area contributed by atoms with Crippen molar-refractivity contribution < 1.29 is 23.4 Å². The van der Waals surface area contributed by atoms with Gasteiger partial charge in [-0.2, -0.15) is 8.78 Å². The molecule has 0 aliphatic rings. The average molecular weight is 320 g/mol. The molecular weight excluding hydrogens is 312 g/mol. The maximum atomic E-state index is 13.7. The summed E-state index contributed by atoms with van der Waals surface area (Å²) >= 11 is 16.9. The van der Waals surface area contributed by atoms with Crippen molar-refractivity contribution in [1.82, 2.24) is 0 Å². The summed E-state index contributed by atoms with van der Waals surface area (Å²) in [7, 11) is 0. The number of ether oxygens (including phenoxy) is 1. The maximum absolute atomic E-state index is 13.7. The van der Waals surface area contributed by atoms with Crippen LogP contribution in [0.5, 0.6) is 0 Å². The number of carbonyl (C=O) groups is 1. The van der Waals surface area contributed by atoms with Crippen LogP contribution in [0.25, 0.3) is 0 Å². The molecule has 100 valence electrons. The Kier molecular flexibility index (Phi) is 5.16. The van der Waals surface area contributed by atoms with Crippen LogP contribution in [0.15, 0.2) is 12.1 Å². The average Bonchev–Trinajstić information content (AvgIpc) is 2.13. The van der Waals surface area contributed by atoms with E-state index in [1.165, 1.54) is 0 Å². The number of rotatable bonds is 5. The molecule has 1 aromatic carbocycles. The van der Waals surface area contributed by atoms with Crippen molar-refractivity contribution >= 4 is 40.8 Å². The third kappa shape index (κ3) is 3.95. The topological polar surface area (TPSA) is 46.5 Å². The highest BCUT2D eigenvalue weighted by Crippen LogP contribution is 2.40. The van der Waals surface area contributed by atoms with E-state index in [9.17, 15) is 13.6 Å². The lowest BCUT2D eigenvalue weighted by atomic mass is 10.1. The first-order valence-electron chi connectivity index (χ1n) is 4.56. The van der Waals surface area contributed by atoms with Crippen LogP contribution < -0.4 is 0 Å². The second-order valence-electron chi connectivity index (χ2n) is 3.34. The van der Waals surface area contributed by atoms with Gasteiger partial charge < -0.3 is 9.84 Å². The largest absolute Gasteiger partial charge is 0.480 e. The number of alkyl halides is 2. The van der Waals surface area contributed by atoms with E-state index in [4.69, 9.17) is 39.9 Å². The molecule has 0 fully saturated rings. The van der Waals surface area contributed by atoms with E-state index >= 15 is 0 Å². The fraction of sp³-hybridized carbons (Fsp3) is 0.300. The van der Waals surface area contributed by atoms with Crippen molar-refractivity contribution in [3.05, 3.63) is 32.8 Å². The summed E-state index contributed by atoms with van der Waals surface area (Å²) in [5.41, 5.74) is -0.638. The number of hydrogen-bond donors (Lipinski definition) is 1. The van der Waals surface area contributed by atoms with Crippen LogP contribution in [0.3, 0.4) is 0 Å². The van der Waals surface area contributed by atoms with Crippen LogP contribution in [0.2, 0.25) is 15.1 Å². The van der Waals surface area contributed by atoms with Crippen LogP contribution in [0, 0.1) is 0 Å². The molecule has 0 saturated heterocycles. The molecule has 0 amide bonds. The Morgan fingerprint density at radius 1 is 1.28 bits per heavy atom. The number of benzene rings is 1. The van der Waals surface area contributed by atoms with Crippen molar-refractivity contribution in [1.29, 1.82) is 0 Å². The van der Waals surface area contributed by atoms with Crippen molar-refractivity contribution in [2.75, 3.05) is 13.2 Å². The smallest absolute Gasteiger partial charge is 0.329 e. The van der Waals surface area contributed by atoms with Crippen LogP contribution in [0.1, 0.15) is 5.56 Å². The fourth-order valence-electron chi connectivity index (χ4n) is 1.23. The first-order valence-corrected chi connectivity index (χ1v) is 5.70. The molecule has 0 aliphatic heterocycles. The van der Waals surface area contributed by atoms with Gasteiger partial charge in [-0.3, -0.25) is 0 Å². The van der Waals surface area contributed by atoms with E-state index in [2.05, 4.69) is 4.74 Å². The number of aliphatic carboxylic acids is 1. The van der Waals surface area contributed by atoms with Crippen LogP contribution in [-0.4, -0.2) is 24.3 Å². The zero-order chi connectivity index (χ0) is 13.9. The highest BCUT2D eigenvalue weighted by atomic mass is 35.5. The third-order valence-electron chi connectivity index (χ3n) is 1.88. The first-order chi connectivity index (χ1) is 8.24. The van der Waals surface area contributed by atoms with Crippen LogP contribution in [0.4, 0.5) is 8.78 Å². The summed E-state index contributed by atoms with van der Waals surface area (Å²) < 4.78 is 31.8. The summed E-state index contributed by atoms with van der Waals surface area (Å²) in [5, 5.41) is 7.79. The Morgan fingerprint density at radius 3 is 2.22 bits per heavy atom. The van der Waals surface area contributed by atoms with E-state index in [1.54, 1.807) is 0 Å². The monoisotopic (exact) mass is 318 g/mol. The lowest BCUT2D eigenvalue weighted by molar-refractivity contribution is -0.147. The van der Waals surface area contributed by atoms with Crippen molar-refractivity contribution in [3.63, 3.8) is 0 Å². The summed E-state index contributed by atoms with van der Waals surface area (Å²) in [4.78, 5) is 10.2. The molecule has 0 radical (unpaired) electrons. The van der Waals surface area contributed by atoms with E-state index in [1.807, 2.05) is 0 Å². The minimum atomic E-state index is -3.51. The van der Waals surface area contributed by atoms with Crippen molar-refractivity contribution in [2.45, 2.75) is 5.92 Å². The molecule has 0 bridgehead atoms. The lowest BCUT2D eigenvalue weighted by Gasteiger charge is -2.19. The highest BCUT2D eigenvalue weighted by Gasteiger charge is 2.37. The van der Waals surface area contributed by atoms with Crippen molar-refractivity contribution in [2.24, 2.45) is 0 Å². The maximum Gasteiger partial charge on any atom is 0.329 e. The minimum absolute atomic E-state index is 0.121. The minimum Gasteiger partial charge on any atom is -0.480 e. The van der Waals surface area contributed by atoms with Gasteiger partial charge in [0, 0.05) is 5.02 Å². The molecule has 1 aromatic rings. The molecule has 1 rings (SSSR count). The number of carboxylic acids is 1. The van der Waals surface area contributed by atoms with E-state index in [0.29, 0.717) is 0 Å². The van der Waals surface area contributed by atoms with Gasteiger partial charge in [-0.05, 0) is 12.1 Å². The summed E-state index contributed by atoms with van der Waals surface area (Å²) in [6.07, 6.45) is 0. The lowest BCUT2D eigenvalue weighted by Crippen LogP contribution is -2.24. The Morgan fingerprint density at radius 2 is 1.78 bits per heavy atom. The summed E-state index contributed by atoms with van der Waals surface area (Å²) in [6.45, 7) is -1.97. The second-order valence-corrected chi connectivity index (χ2v) is 4.59. The Hall–Kier alpha value is -0.620. The first kappa shape index (κ1) is 15.4. The Balaban J connectivity index is 2.94. The molecule has 0 spiro atoms. The molecule has 0 aliphatic carbocycles. The quantitative estimate of drug-likeness (QED) is 0.897. The second kappa shape index (κ2) is 6.02. The number of carboxylic acid groups (broad SMARTS) is 1. The van der Waals surface area contributed by atoms with Crippen LogP contribution in [-0.2, 0) is 15.5 Å². The molecular formula is C10H7Cl3F2O3. The van der Waals surface area contributed by atoms with Gasteiger partial charge in [0.2, 0.25) is 0 Å². The molecule has 0 saturated carbocycles. The molecule has 8 heteroatoms. The van der Waals surface area contributed by atoms with E-state index < -0.39 is 30.7 Å². The molecule has 0 heterocycles. The zero-order valence-electron chi connectivity index (χ0n) is 8.72. The van der Waals surface area contributed by atoms with Gasteiger partial charge in [0.25, 0.3) is 5.92 Å². The highest BCUT2D eigenvalue weighted by molar-refractivity contribution is 6.39. The molecule has 1 N–H and O–H groups in total. The molecule has 3 nitrogen and oxygen atoms in total. The molecule has 0 unspecified atom stereocenters. The molecule has 0 aromatic heterocycles. The molecule has 18 heavy (non-hydrogen) atoms. The SMILES string of the molecule is O=C(O)COCC(F)(F)c1c(Cl)cc(Cl)cc1Cl. The van der Waals surface area contributed by atoms with Crippen LogP contribution >= 0.6 is 34.8 Å². The summed E-state index contributed by atoms with van der Waals surface area (Å²) in [5.74, 6) is -4.85. The van der Waals surface area contributed by atoms with Gasteiger partial charge in [-0.25, -0.2) is 4.79 Å². The van der Waals surface area contributed by atoms with Gasteiger partial charge in [0.05, 0.1) is 15.6 Å². The van der Waals surface area contributed by atoms with Gasteiger partial charge in [-0.15, -0.1) is 0 Å². The van der Waals surface area contributed by atoms with Gasteiger partial charge in [0.15, 0.2) is 0 Å². The predicted molar refractivity (Wildman–Crippen MR) is 63.8 cm³/mol. The Bertz CT molecular complexity index is 443. The normalized spacial score (nSPS) is 11.6. The zero-order valence-corrected chi connectivity index (χ0v) is 11.0. The predicted octanol–water partition coefficient (Wildman–Crippen LogP) is 3.84. The number of halogens is 5. The number of hydrogen-bond acceptors (Lipinski definition) is 2. The fourth-order valence-corrected chi connectivity index (χ4v) is 2.32. The summed E-state index contributed by atoms with van der Waals surface area (Å²) in [6, 6.07) is 2.24. The third-order valence-corrected chi connectivity index (χ3v) is 2.70. The van der Waals surface area contributed by atoms with Gasteiger partial charge in [-0.1, -0.05) is 34.8 Å². The van der Waals surface area contributed by atoms with E-state index in [-0.39, 0.29) is 15.1 Å². The Labute approximate surface area is 116 Å². The van der Waals surface area contributed by atoms with Gasteiger partial charge >= 0.3 is 5.97 Å². The standard InChI is InChI=1S/C10H7Cl3F2O3/c11-5-1-6(12)9(7(13)2-5)10(14,15)4-18-3-8(16)17/h1-2H,3-4H2,(H,16,17).